The molecule has 0 bridgehead atoms. The zero-order chi connectivity index (χ0) is 37.1. The monoisotopic (exact) mass is 824 g/mol. The number of nitrogens with zero attached hydrogens (tertiary/aromatic N) is 3. The number of nitrogens with one attached hydrogen (secondary N) is 1. The SMILES string of the molecule is COc1ccc(CN(c2nccs2)S(=O)(=O)c2cc(Cl)c(NC[C@]3(Cc4ccc(Br)cc4)C[C@H](O)CN3C(=O)OC(C)(C)C)cc2F)c(OC)c1. The van der Waals surface area contributed by atoms with Crippen molar-refractivity contribution in [1.82, 2.24) is 9.88 Å². The quantitative estimate of drug-likeness (QED) is 0.149. The van der Waals surface area contributed by atoms with Crippen LogP contribution in [0.25, 0.3) is 0 Å². The zero-order valence-corrected chi connectivity index (χ0v) is 32.6. The third kappa shape index (κ3) is 8.88. The summed E-state index contributed by atoms with van der Waals surface area (Å²) in [7, 11) is -1.61. The van der Waals surface area contributed by atoms with Crippen LogP contribution in [0.4, 0.5) is 20.0 Å². The number of methoxy groups -OCH3 is 2. The lowest BCUT2D eigenvalue weighted by molar-refractivity contribution is 0.00895. The molecule has 0 unspecified atom stereocenters. The molecule has 1 aliphatic heterocycles. The van der Waals surface area contributed by atoms with E-state index in [1.807, 2.05) is 24.3 Å². The number of β-amino-alcohol motifs (C(OH)–C–C–N with tert-alkyl or cyclic N) is 1. The van der Waals surface area contributed by atoms with Crippen molar-refractivity contribution < 1.29 is 36.9 Å². The fourth-order valence-corrected chi connectivity index (χ4v) is 8.86. The number of hydrogen-bond donors (Lipinski definition) is 2. The first-order chi connectivity index (χ1) is 24.0. The smallest absolute Gasteiger partial charge is 0.410 e. The molecule has 1 aliphatic rings. The average Bonchev–Trinajstić information content (AvgIpc) is 3.72. The van der Waals surface area contributed by atoms with Gasteiger partial charge in [-0.3, -0.25) is 4.90 Å². The lowest BCUT2D eigenvalue weighted by Gasteiger charge is -2.39. The van der Waals surface area contributed by atoms with E-state index in [1.165, 1.54) is 25.3 Å². The normalized spacial score (nSPS) is 17.7. The van der Waals surface area contributed by atoms with Gasteiger partial charge in [-0.1, -0.05) is 39.7 Å². The molecule has 0 saturated carbocycles. The highest BCUT2D eigenvalue weighted by molar-refractivity contribution is 9.10. The van der Waals surface area contributed by atoms with Gasteiger partial charge in [0.1, 0.15) is 27.8 Å². The van der Waals surface area contributed by atoms with Crippen molar-refractivity contribution in [2.24, 2.45) is 0 Å². The van der Waals surface area contributed by atoms with Crippen molar-refractivity contribution >= 4 is 65.8 Å². The number of likely N-dealkylation sites (tertiary alicyclic amines) is 1. The van der Waals surface area contributed by atoms with Gasteiger partial charge in [-0.25, -0.2) is 26.9 Å². The van der Waals surface area contributed by atoms with Crippen LogP contribution in [0.15, 0.2) is 75.5 Å². The van der Waals surface area contributed by atoms with Crippen LogP contribution in [0.1, 0.15) is 38.3 Å². The molecule has 1 aromatic heterocycles. The molecule has 4 aromatic rings. The molecule has 2 heterocycles. The van der Waals surface area contributed by atoms with Gasteiger partial charge in [-0.15, -0.1) is 11.3 Å². The molecule has 16 heteroatoms. The summed E-state index contributed by atoms with van der Waals surface area (Å²) in [5, 5.41) is 15.7. The van der Waals surface area contributed by atoms with E-state index in [-0.39, 0.29) is 41.9 Å². The number of aliphatic hydroxyl groups excluding tert-OH is 1. The standard InChI is InChI=1S/C35H39BrClFN4O7S2/c1-34(2,3)49-33(44)41-20-25(43)18-35(41,17-22-6-9-24(36)10-7-22)21-40-29-16-28(38)31(15-27(29)37)51(45,46)42(32-39-12-13-50-32)19-23-8-11-26(47-4)14-30(23)48-5/h6-16,25,40,43H,17-21H2,1-5H3/t25-,35-/m0/s1. The molecule has 5 rings (SSSR count). The van der Waals surface area contributed by atoms with E-state index < -0.39 is 44.1 Å². The Labute approximate surface area is 314 Å². The van der Waals surface area contributed by atoms with Gasteiger partial charge >= 0.3 is 6.09 Å². The molecule has 2 atom stereocenters. The first kappa shape index (κ1) is 38.6. The van der Waals surface area contributed by atoms with Crippen molar-refractivity contribution in [3.63, 3.8) is 0 Å². The lowest BCUT2D eigenvalue weighted by Crippen LogP contribution is -2.54. The van der Waals surface area contributed by atoms with Crippen molar-refractivity contribution in [2.75, 3.05) is 36.9 Å². The van der Waals surface area contributed by atoms with Gasteiger partial charge in [0.2, 0.25) is 0 Å². The van der Waals surface area contributed by atoms with Crippen LogP contribution < -0.4 is 19.1 Å². The van der Waals surface area contributed by atoms with Gasteiger partial charge in [0.15, 0.2) is 5.13 Å². The van der Waals surface area contributed by atoms with Crippen molar-refractivity contribution in [1.29, 1.82) is 0 Å². The van der Waals surface area contributed by atoms with Gasteiger partial charge in [0, 0.05) is 40.6 Å². The molecule has 0 spiro atoms. The summed E-state index contributed by atoms with van der Waals surface area (Å²) in [4.78, 5) is 18.5. The Bertz CT molecular complexity index is 1960. The molecule has 0 aliphatic carbocycles. The van der Waals surface area contributed by atoms with E-state index in [9.17, 15) is 18.3 Å². The van der Waals surface area contributed by atoms with E-state index in [4.69, 9.17) is 25.8 Å². The molecule has 1 saturated heterocycles. The number of amides is 1. The summed E-state index contributed by atoms with van der Waals surface area (Å²) >= 11 is 11.2. The summed E-state index contributed by atoms with van der Waals surface area (Å²) in [5.41, 5.74) is -0.325. The number of sulfonamides is 1. The highest BCUT2D eigenvalue weighted by atomic mass is 79.9. The maximum absolute atomic E-state index is 16.1. The number of thiazole rings is 1. The van der Waals surface area contributed by atoms with E-state index in [0.29, 0.717) is 23.5 Å². The molecule has 3 aromatic carbocycles. The van der Waals surface area contributed by atoms with Crippen molar-refractivity contribution in [2.45, 2.75) is 62.3 Å². The van der Waals surface area contributed by atoms with Crippen LogP contribution in [0.5, 0.6) is 11.5 Å². The number of carbonyl (C=O) groups is 1. The number of benzene rings is 3. The Hall–Kier alpha value is -3.63. The van der Waals surface area contributed by atoms with E-state index in [1.54, 1.807) is 44.4 Å². The number of halogens is 3. The lowest BCUT2D eigenvalue weighted by atomic mass is 9.87. The highest BCUT2D eigenvalue weighted by Gasteiger charge is 2.49. The van der Waals surface area contributed by atoms with Crippen LogP contribution >= 0.6 is 38.9 Å². The van der Waals surface area contributed by atoms with Gasteiger partial charge < -0.3 is 24.6 Å². The van der Waals surface area contributed by atoms with Crippen LogP contribution in [0.3, 0.4) is 0 Å². The number of aliphatic hydroxyl groups is 1. The minimum absolute atomic E-state index is 0.0258. The number of anilines is 2. The van der Waals surface area contributed by atoms with Gasteiger partial charge in [-0.2, -0.15) is 0 Å². The molecule has 0 radical (unpaired) electrons. The zero-order valence-electron chi connectivity index (χ0n) is 28.7. The Morgan fingerprint density at radius 3 is 2.53 bits per heavy atom. The minimum Gasteiger partial charge on any atom is -0.497 e. The van der Waals surface area contributed by atoms with Gasteiger partial charge in [-0.05, 0) is 69.2 Å². The third-order valence-corrected chi connectivity index (χ3v) is 11.8. The van der Waals surface area contributed by atoms with Gasteiger partial charge in [0.25, 0.3) is 10.0 Å². The Morgan fingerprint density at radius 1 is 1.18 bits per heavy atom. The fraction of sp³-hybridized carbons (Fsp3) is 0.371. The second-order valence-electron chi connectivity index (χ2n) is 13.1. The summed E-state index contributed by atoms with van der Waals surface area (Å²) in [6.45, 7) is 5.11. The predicted octanol–water partition coefficient (Wildman–Crippen LogP) is 7.51. The molecule has 51 heavy (non-hydrogen) atoms. The number of carbonyl (C=O) groups excluding carboxylic acids is 1. The maximum atomic E-state index is 16.1. The van der Waals surface area contributed by atoms with Gasteiger partial charge in [0.05, 0.1) is 49.7 Å². The second-order valence-corrected chi connectivity index (χ2v) is 17.1. The molecular weight excluding hydrogens is 787 g/mol. The van der Waals surface area contributed by atoms with Crippen LogP contribution in [-0.2, 0) is 27.7 Å². The Morgan fingerprint density at radius 2 is 1.90 bits per heavy atom. The van der Waals surface area contributed by atoms with Crippen LogP contribution in [-0.4, -0.2) is 74.1 Å². The number of ether oxygens (including phenoxy) is 3. The average molecular weight is 826 g/mol. The van der Waals surface area contributed by atoms with Crippen molar-refractivity contribution in [3.05, 3.63) is 92.6 Å². The predicted molar refractivity (Wildman–Crippen MR) is 199 cm³/mol. The summed E-state index contributed by atoms with van der Waals surface area (Å²) in [6.07, 6.45) is 0.519. The number of hydrogen-bond acceptors (Lipinski definition) is 10. The number of rotatable bonds is 12. The summed E-state index contributed by atoms with van der Waals surface area (Å²) in [5.74, 6) is -0.165. The minimum atomic E-state index is -4.56. The fourth-order valence-electron chi connectivity index (χ4n) is 5.95. The molecule has 2 N–H and O–H groups in total. The van der Waals surface area contributed by atoms with E-state index >= 15 is 4.39 Å². The Kier molecular flexibility index (Phi) is 11.8. The largest absolute Gasteiger partial charge is 0.497 e. The van der Waals surface area contributed by atoms with E-state index in [2.05, 4.69) is 26.2 Å². The molecular formula is C35H39BrClFN4O7S2. The van der Waals surface area contributed by atoms with E-state index in [0.717, 1.165) is 37.8 Å². The topological polar surface area (TPSA) is 131 Å². The first-order valence-corrected chi connectivity index (χ1v) is 19.3. The summed E-state index contributed by atoms with van der Waals surface area (Å²) in [6, 6.07) is 14.6. The Balaban J connectivity index is 1.48. The number of aromatic nitrogens is 1. The molecule has 1 fully saturated rings. The summed E-state index contributed by atoms with van der Waals surface area (Å²) < 4.78 is 62.7. The maximum Gasteiger partial charge on any atom is 0.410 e. The highest BCUT2D eigenvalue weighted by Crippen LogP contribution is 2.38. The van der Waals surface area contributed by atoms with Crippen LogP contribution in [0, 0.1) is 5.82 Å². The van der Waals surface area contributed by atoms with Crippen molar-refractivity contribution in [3.8, 4) is 11.5 Å². The van der Waals surface area contributed by atoms with Crippen LogP contribution in [0.2, 0.25) is 5.02 Å². The first-order valence-electron chi connectivity index (χ1n) is 15.8. The molecule has 274 valence electrons. The molecule has 11 nitrogen and oxygen atoms in total. The second kappa shape index (κ2) is 15.5. The molecule has 1 amide bonds. The third-order valence-electron chi connectivity index (χ3n) is 8.28.